The average molecular weight is 350 g/mol. The van der Waals surface area contributed by atoms with Crippen molar-refractivity contribution in [2.75, 3.05) is 37.0 Å². The van der Waals surface area contributed by atoms with Gasteiger partial charge in [-0.3, -0.25) is 0 Å². The van der Waals surface area contributed by atoms with Gasteiger partial charge in [-0.25, -0.2) is 0 Å². The van der Waals surface area contributed by atoms with Crippen molar-refractivity contribution >= 4 is 22.7 Å². The second-order valence-electron chi connectivity index (χ2n) is 5.96. The summed E-state index contributed by atoms with van der Waals surface area (Å²) >= 11 is 0. The molecule has 0 saturated heterocycles. The Bertz CT molecular complexity index is 717. The van der Waals surface area contributed by atoms with Gasteiger partial charge in [0.2, 0.25) is 0 Å². The molecule has 2 rings (SSSR count). The highest BCUT2D eigenvalue weighted by Crippen LogP contribution is 2.21. The van der Waals surface area contributed by atoms with Crippen LogP contribution in [0.15, 0.2) is 58.8 Å². The fraction of sp³-hybridized carbons (Fsp3) is 0.333. The van der Waals surface area contributed by atoms with Crippen LogP contribution in [0.25, 0.3) is 20.9 Å². The van der Waals surface area contributed by atoms with Crippen LogP contribution >= 0.6 is 0 Å². The number of hydrogen-bond acceptors (Lipinski definition) is 4. The van der Waals surface area contributed by atoms with Gasteiger partial charge in [-0.1, -0.05) is 34.5 Å². The molecule has 0 heterocycles. The third-order valence-electron chi connectivity index (χ3n) is 4.14. The summed E-state index contributed by atoms with van der Waals surface area (Å²) in [6.07, 6.45) is 2.13. The molecule has 0 saturated carbocycles. The van der Waals surface area contributed by atoms with E-state index in [1.54, 1.807) is 0 Å². The van der Waals surface area contributed by atoms with Crippen molar-refractivity contribution in [3.8, 4) is 0 Å². The van der Waals surface area contributed by atoms with Gasteiger partial charge in [0.05, 0.1) is 0 Å². The van der Waals surface area contributed by atoms with Gasteiger partial charge in [-0.2, -0.15) is 0 Å². The largest absolute Gasteiger partial charge is 0.375 e. The molecule has 0 N–H and O–H groups in total. The Labute approximate surface area is 152 Å². The molecule has 0 spiro atoms. The zero-order valence-electron chi connectivity index (χ0n) is 15.0. The maximum Gasteiger partial charge on any atom is 0.0376 e. The van der Waals surface area contributed by atoms with Crippen LogP contribution in [-0.4, -0.2) is 27.2 Å². The second kappa shape index (κ2) is 9.84. The van der Waals surface area contributed by atoms with E-state index in [0.29, 0.717) is 11.4 Å². The first-order chi connectivity index (χ1) is 12.6. The van der Waals surface area contributed by atoms with Gasteiger partial charge < -0.3 is 9.80 Å². The van der Waals surface area contributed by atoms with E-state index < -0.39 is 0 Å². The maximum atomic E-state index is 8.43. The quantitative estimate of drug-likeness (QED) is 0.242. The molecule has 0 aromatic heterocycles. The first-order valence-corrected chi connectivity index (χ1v) is 8.36. The lowest BCUT2D eigenvalue weighted by Crippen LogP contribution is -2.22. The van der Waals surface area contributed by atoms with E-state index >= 15 is 0 Å². The normalized spacial score (nSPS) is 9.77. The van der Waals surface area contributed by atoms with Crippen LogP contribution in [-0.2, 0) is 0 Å². The highest BCUT2D eigenvalue weighted by atomic mass is 15.1. The third-order valence-corrected chi connectivity index (χ3v) is 4.14. The number of azide groups is 2. The molecule has 0 fully saturated rings. The van der Waals surface area contributed by atoms with E-state index in [0.717, 1.165) is 37.3 Å². The van der Waals surface area contributed by atoms with Gasteiger partial charge in [0.15, 0.2) is 0 Å². The SMILES string of the molecule is CN(CCCCN(C)c1ccc(N=[N+]=[N-])cc1)c1ccc(N=[N+]=[N-])cc1. The Morgan fingerprint density at radius 1 is 0.692 bits per heavy atom. The summed E-state index contributed by atoms with van der Waals surface area (Å²) in [6.45, 7) is 1.90. The standard InChI is InChI=1S/C18H22N8/c1-25(17-9-5-15(6-10-17)21-23-19)13-3-4-14-26(2)18-11-7-16(8-12-18)22-24-20/h5-12H,3-4,13-14H2,1-2H3. The summed E-state index contributed by atoms with van der Waals surface area (Å²) in [7, 11) is 4.11. The maximum absolute atomic E-state index is 8.43. The lowest BCUT2D eigenvalue weighted by atomic mass is 10.2. The predicted octanol–water partition coefficient (Wildman–Crippen LogP) is 5.92. The third kappa shape index (κ3) is 5.63. The first-order valence-electron chi connectivity index (χ1n) is 8.36. The molecule has 0 aliphatic rings. The molecule has 2 aromatic rings. The van der Waals surface area contributed by atoms with Gasteiger partial charge >= 0.3 is 0 Å². The zero-order valence-corrected chi connectivity index (χ0v) is 15.0. The highest BCUT2D eigenvalue weighted by molar-refractivity contribution is 5.53. The zero-order chi connectivity index (χ0) is 18.8. The van der Waals surface area contributed by atoms with Crippen molar-refractivity contribution in [3.05, 3.63) is 69.4 Å². The molecule has 0 unspecified atom stereocenters. The van der Waals surface area contributed by atoms with Crippen LogP contribution in [0.2, 0.25) is 0 Å². The van der Waals surface area contributed by atoms with Crippen LogP contribution in [0, 0.1) is 0 Å². The summed E-state index contributed by atoms with van der Waals surface area (Å²) in [5, 5.41) is 7.16. The van der Waals surface area contributed by atoms with Crippen molar-refractivity contribution in [2.45, 2.75) is 12.8 Å². The summed E-state index contributed by atoms with van der Waals surface area (Å²) in [5.74, 6) is 0. The van der Waals surface area contributed by atoms with Crippen LogP contribution < -0.4 is 9.80 Å². The molecule has 8 nitrogen and oxygen atoms in total. The van der Waals surface area contributed by atoms with E-state index in [-0.39, 0.29) is 0 Å². The molecular formula is C18H22N8. The fourth-order valence-electron chi connectivity index (χ4n) is 2.61. The smallest absolute Gasteiger partial charge is 0.0376 e. The Morgan fingerprint density at radius 3 is 1.35 bits per heavy atom. The molecule has 0 aliphatic carbocycles. The van der Waals surface area contributed by atoms with Crippen molar-refractivity contribution in [3.63, 3.8) is 0 Å². The Balaban J connectivity index is 1.76. The fourth-order valence-corrected chi connectivity index (χ4v) is 2.61. The minimum atomic E-state index is 0.623. The van der Waals surface area contributed by atoms with E-state index in [9.17, 15) is 0 Å². The minimum Gasteiger partial charge on any atom is -0.375 e. The molecule has 134 valence electrons. The van der Waals surface area contributed by atoms with Crippen molar-refractivity contribution in [1.82, 2.24) is 0 Å². The van der Waals surface area contributed by atoms with Gasteiger partial charge in [0.25, 0.3) is 0 Å². The summed E-state index contributed by atoms with van der Waals surface area (Å²) < 4.78 is 0. The second-order valence-corrected chi connectivity index (χ2v) is 5.96. The molecule has 0 radical (unpaired) electrons. The summed E-state index contributed by atoms with van der Waals surface area (Å²) in [6, 6.07) is 15.1. The summed E-state index contributed by atoms with van der Waals surface area (Å²) in [4.78, 5) is 9.94. The van der Waals surface area contributed by atoms with Crippen LogP contribution in [0.5, 0.6) is 0 Å². The molecular weight excluding hydrogens is 328 g/mol. The number of rotatable bonds is 9. The summed E-state index contributed by atoms with van der Waals surface area (Å²) in [5.41, 5.74) is 20.3. The molecule has 8 heteroatoms. The van der Waals surface area contributed by atoms with Gasteiger partial charge in [0.1, 0.15) is 0 Å². The Morgan fingerprint density at radius 2 is 1.04 bits per heavy atom. The average Bonchev–Trinajstić information content (AvgIpc) is 2.66. The van der Waals surface area contributed by atoms with Gasteiger partial charge in [0, 0.05) is 59.8 Å². The first kappa shape index (κ1) is 19.0. The molecule has 0 amide bonds. The minimum absolute atomic E-state index is 0.623. The number of unbranched alkanes of at least 4 members (excludes halogenated alkanes) is 1. The van der Waals surface area contributed by atoms with Gasteiger partial charge in [-0.15, -0.1) is 0 Å². The van der Waals surface area contributed by atoms with Crippen LogP contribution in [0.4, 0.5) is 22.7 Å². The predicted molar refractivity (Wildman–Crippen MR) is 106 cm³/mol. The van der Waals surface area contributed by atoms with E-state index in [4.69, 9.17) is 11.1 Å². The molecule has 0 aliphatic heterocycles. The Kier molecular flexibility index (Phi) is 7.18. The lowest BCUT2D eigenvalue weighted by Gasteiger charge is -2.22. The highest BCUT2D eigenvalue weighted by Gasteiger charge is 2.03. The molecule has 2 aromatic carbocycles. The molecule has 26 heavy (non-hydrogen) atoms. The molecule has 0 atom stereocenters. The van der Waals surface area contributed by atoms with Gasteiger partial charge in [-0.05, 0) is 48.2 Å². The Hall–Kier alpha value is -3.34. The topological polar surface area (TPSA) is 104 Å². The number of hydrogen-bond donors (Lipinski definition) is 0. The van der Waals surface area contributed by atoms with E-state index in [1.165, 1.54) is 0 Å². The van der Waals surface area contributed by atoms with Crippen molar-refractivity contribution in [1.29, 1.82) is 0 Å². The lowest BCUT2D eigenvalue weighted by molar-refractivity contribution is 0.708. The van der Waals surface area contributed by atoms with E-state index in [1.807, 2.05) is 48.5 Å². The monoisotopic (exact) mass is 350 g/mol. The van der Waals surface area contributed by atoms with Crippen molar-refractivity contribution < 1.29 is 0 Å². The van der Waals surface area contributed by atoms with Crippen LogP contribution in [0.3, 0.4) is 0 Å². The number of anilines is 2. The van der Waals surface area contributed by atoms with E-state index in [2.05, 4.69) is 43.9 Å². The number of nitrogens with zero attached hydrogens (tertiary/aromatic N) is 8. The number of benzene rings is 2. The molecule has 0 bridgehead atoms. The van der Waals surface area contributed by atoms with Crippen molar-refractivity contribution in [2.24, 2.45) is 10.2 Å². The van der Waals surface area contributed by atoms with Crippen LogP contribution in [0.1, 0.15) is 12.8 Å².